The summed E-state index contributed by atoms with van der Waals surface area (Å²) in [5, 5.41) is 3.12. The highest BCUT2D eigenvalue weighted by molar-refractivity contribution is 7.13. The summed E-state index contributed by atoms with van der Waals surface area (Å²) in [7, 11) is 0. The monoisotopic (exact) mass is 587 g/mol. The minimum Gasteiger partial charge on any atom is -0.489 e. The highest BCUT2D eigenvalue weighted by Gasteiger charge is 2.27. The summed E-state index contributed by atoms with van der Waals surface area (Å²) in [4.78, 5) is 35.3. The lowest BCUT2D eigenvalue weighted by Crippen LogP contribution is -2.37. The van der Waals surface area contributed by atoms with E-state index >= 15 is 0 Å². The van der Waals surface area contributed by atoms with Gasteiger partial charge >= 0.3 is 0 Å². The number of hydrogen-bond donors (Lipinski definition) is 0. The van der Waals surface area contributed by atoms with Gasteiger partial charge in [-0.05, 0) is 83.4 Å². The molecule has 0 aliphatic carbocycles. The van der Waals surface area contributed by atoms with Gasteiger partial charge in [0.1, 0.15) is 10.8 Å². The minimum absolute atomic E-state index is 0.0797. The number of allylic oxidation sites excluding steroid dienone is 1. The molecule has 1 saturated heterocycles. The number of hydrogen-bond acceptors (Lipinski definition) is 5. The van der Waals surface area contributed by atoms with Crippen molar-refractivity contribution >= 4 is 34.9 Å². The number of rotatable bonds is 7. The summed E-state index contributed by atoms with van der Waals surface area (Å²) in [6.07, 6.45) is 4.87. The second kappa shape index (κ2) is 12.5. The fourth-order valence-corrected chi connectivity index (χ4v) is 5.99. The number of benzene rings is 2. The maximum atomic E-state index is 14.5. The van der Waals surface area contributed by atoms with Crippen LogP contribution < -0.4 is 10.3 Å². The van der Waals surface area contributed by atoms with E-state index in [0.29, 0.717) is 51.4 Å². The minimum atomic E-state index is -0.260. The number of pyridine rings is 1. The first-order valence-corrected chi connectivity index (χ1v) is 15.2. The van der Waals surface area contributed by atoms with Crippen LogP contribution in [0.2, 0.25) is 5.02 Å². The normalized spacial score (nSPS) is 13.4. The Kier molecular flexibility index (Phi) is 8.76. The molecule has 2 aromatic carbocycles. The maximum absolute atomic E-state index is 14.5. The van der Waals surface area contributed by atoms with Crippen LogP contribution in [0.1, 0.15) is 63.0 Å². The molecule has 1 amide bonds. The third-order valence-electron chi connectivity index (χ3n) is 6.88. The quantitative estimate of drug-likeness (QED) is 0.219. The Labute approximate surface area is 249 Å². The smallest absolute Gasteiger partial charge is 0.266 e. The maximum Gasteiger partial charge on any atom is 0.266 e. The second-order valence-corrected chi connectivity index (χ2v) is 12.0. The number of ether oxygens (including phenoxy) is 1. The molecule has 0 atom stereocenters. The zero-order valence-corrected chi connectivity index (χ0v) is 25.4. The molecule has 2 aromatic heterocycles. The average Bonchev–Trinajstić information content (AvgIpc) is 3.44. The summed E-state index contributed by atoms with van der Waals surface area (Å²) in [6.45, 7) is 9.23. The van der Waals surface area contributed by atoms with Gasteiger partial charge in [0.2, 0.25) is 0 Å². The molecule has 3 heterocycles. The van der Waals surface area contributed by atoms with Gasteiger partial charge in [0, 0.05) is 29.1 Å². The first-order chi connectivity index (χ1) is 19.7. The van der Waals surface area contributed by atoms with Crippen LogP contribution in [0, 0.1) is 0 Å². The van der Waals surface area contributed by atoms with Gasteiger partial charge in [0.15, 0.2) is 0 Å². The van der Waals surface area contributed by atoms with E-state index < -0.39 is 0 Å². The van der Waals surface area contributed by atoms with Crippen LogP contribution >= 0.6 is 22.9 Å². The Morgan fingerprint density at radius 2 is 1.76 bits per heavy atom. The van der Waals surface area contributed by atoms with Gasteiger partial charge in [-0.15, -0.1) is 11.3 Å². The van der Waals surface area contributed by atoms with Gasteiger partial charge in [-0.3, -0.25) is 14.2 Å². The van der Waals surface area contributed by atoms with Crippen LogP contribution in [-0.2, 0) is 0 Å². The number of aromatic nitrogens is 2. The fourth-order valence-electron chi connectivity index (χ4n) is 5.02. The van der Waals surface area contributed by atoms with Crippen molar-refractivity contribution in [1.82, 2.24) is 14.5 Å². The lowest BCUT2D eigenvalue weighted by Gasteiger charge is -2.28. The van der Waals surface area contributed by atoms with Gasteiger partial charge in [0.25, 0.3) is 11.5 Å². The standard InChI is InChI=1S/C33H34ClN3O3S/c1-21(2)18-29-25(32(38)36-16-8-5-9-17-36)19-26(31-35-27(20-41-31)23-12-14-24(34)15-13-23)33(39)37(29)28-10-6-7-11-30(28)40-22(3)4/h6-7,10-15,18-20,22H,5,8-9,16-17H2,1-4H3. The van der Waals surface area contributed by atoms with Crippen LogP contribution in [0.4, 0.5) is 0 Å². The van der Waals surface area contributed by atoms with Gasteiger partial charge in [-0.2, -0.15) is 0 Å². The molecular weight excluding hydrogens is 554 g/mol. The summed E-state index contributed by atoms with van der Waals surface area (Å²) in [6, 6.07) is 16.7. The number of amides is 1. The van der Waals surface area contributed by atoms with E-state index in [9.17, 15) is 9.59 Å². The molecule has 1 aliphatic heterocycles. The number of nitrogens with zero attached hydrogens (tertiary/aromatic N) is 3. The van der Waals surface area contributed by atoms with Crippen LogP contribution in [0.15, 0.2) is 70.3 Å². The molecule has 0 unspecified atom stereocenters. The van der Waals surface area contributed by atoms with Crippen molar-refractivity contribution in [2.24, 2.45) is 0 Å². The number of halogens is 1. The Morgan fingerprint density at radius 3 is 2.44 bits per heavy atom. The Balaban J connectivity index is 1.78. The van der Waals surface area contributed by atoms with E-state index in [-0.39, 0.29) is 17.6 Å². The molecule has 4 aromatic rings. The van der Waals surface area contributed by atoms with Crippen molar-refractivity contribution in [1.29, 1.82) is 0 Å². The number of carbonyl (C=O) groups is 1. The summed E-state index contributed by atoms with van der Waals surface area (Å²) >= 11 is 7.47. The van der Waals surface area contributed by atoms with E-state index in [1.807, 2.05) is 92.6 Å². The highest BCUT2D eigenvalue weighted by Crippen LogP contribution is 2.32. The molecule has 6 nitrogen and oxygen atoms in total. The number of likely N-dealkylation sites (tertiary alicyclic amines) is 1. The molecule has 0 radical (unpaired) electrons. The predicted molar refractivity (Wildman–Crippen MR) is 168 cm³/mol. The molecule has 0 saturated carbocycles. The van der Waals surface area contributed by atoms with Crippen molar-refractivity contribution in [2.75, 3.05) is 13.1 Å². The van der Waals surface area contributed by atoms with Crippen molar-refractivity contribution in [3.63, 3.8) is 0 Å². The average molecular weight is 588 g/mol. The SMILES string of the molecule is CC(C)=Cc1c(C(=O)N2CCCCC2)cc(-c2nc(-c3ccc(Cl)cc3)cs2)c(=O)n1-c1ccccc1OC(C)C. The van der Waals surface area contributed by atoms with E-state index in [0.717, 1.165) is 36.1 Å². The molecule has 0 N–H and O–H groups in total. The summed E-state index contributed by atoms with van der Waals surface area (Å²) in [5.74, 6) is 0.492. The number of para-hydroxylation sites is 2. The van der Waals surface area contributed by atoms with E-state index in [4.69, 9.17) is 21.3 Å². The molecule has 0 spiro atoms. The predicted octanol–water partition coefficient (Wildman–Crippen LogP) is 8.12. The van der Waals surface area contributed by atoms with Gasteiger partial charge in [-0.25, -0.2) is 4.98 Å². The molecule has 1 aliphatic rings. The largest absolute Gasteiger partial charge is 0.489 e. The summed E-state index contributed by atoms with van der Waals surface area (Å²) < 4.78 is 7.77. The zero-order chi connectivity index (χ0) is 29.1. The number of thiazole rings is 1. The Bertz CT molecular complexity index is 1640. The zero-order valence-electron chi connectivity index (χ0n) is 23.8. The molecule has 212 valence electrons. The third-order valence-corrected chi connectivity index (χ3v) is 8.01. The number of piperidine rings is 1. The lowest BCUT2D eigenvalue weighted by atomic mass is 10.0. The van der Waals surface area contributed by atoms with Crippen LogP contribution in [0.25, 0.3) is 33.6 Å². The first-order valence-electron chi connectivity index (χ1n) is 13.9. The van der Waals surface area contributed by atoms with Crippen molar-refractivity contribution < 1.29 is 9.53 Å². The Morgan fingerprint density at radius 1 is 1.05 bits per heavy atom. The first kappa shape index (κ1) is 28.8. The molecular formula is C33H34ClN3O3S. The molecule has 8 heteroatoms. The van der Waals surface area contributed by atoms with Crippen molar-refractivity contribution in [3.8, 4) is 33.3 Å². The third kappa shape index (κ3) is 6.31. The van der Waals surface area contributed by atoms with Crippen molar-refractivity contribution in [2.45, 2.75) is 53.1 Å². The molecule has 41 heavy (non-hydrogen) atoms. The molecule has 0 bridgehead atoms. The second-order valence-electron chi connectivity index (χ2n) is 10.8. The molecule has 1 fully saturated rings. The van der Waals surface area contributed by atoms with Crippen LogP contribution in [0.3, 0.4) is 0 Å². The fraction of sp³-hybridized carbons (Fsp3) is 0.303. The highest BCUT2D eigenvalue weighted by atomic mass is 35.5. The topological polar surface area (TPSA) is 64.4 Å². The molecule has 5 rings (SSSR count). The van der Waals surface area contributed by atoms with Crippen molar-refractivity contribution in [3.05, 3.63) is 92.2 Å². The summed E-state index contributed by atoms with van der Waals surface area (Å²) in [5.41, 5.74) is 4.34. The van der Waals surface area contributed by atoms with Gasteiger partial charge in [0.05, 0.1) is 34.3 Å². The van der Waals surface area contributed by atoms with Gasteiger partial charge in [-0.1, -0.05) is 41.4 Å². The van der Waals surface area contributed by atoms with E-state index in [1.54, 1.807) is 10.6 Å². The van der Waals surface area contributed by atoms with E-state index in [1.165, 1.54) is 11.3 Å². The van der Waals surface area contributed by atoms with Crippen LogP contribution in [-0.4, -0.2) is 39.6 Å². The van der Waals surface area contributed by atoms with E-state index in [2.05, 4.69) is 0 Å². The lowest BCUT2D eigenvalue weighted by molar-refractivity contribution is 0.0723. The Hall–Kier alpha value is -3.68. The van der Waals surface area contributed by atoms with Crippen LogP contribution in [0.5, 0.6) is 5.75 Å². The van der Waals surface area contributed by atoms with Gasteiger partial charge < -0.3 is 9.64 Å². The number of carbonyl (C=O) groups excluding carboxylic acids is 1.